The highest BCUT2D eigenvalue weighted by Gasteiger charge is 2.22. The SMILES string of the molecule is CC(=O)N1CCN(Cc2ncccc2C)C[C@H](O)C1. The highest BCUT2D eigenvalue weighted by Crippen LogP contribution is 2.11. The number of nitrogens with zero attached hydrogens (tertiary/aromatic N) is 3. The number of amides is 1. The van der Waals surface area contributed by atoms with Crippen LogP contribution < -0.4 is 0 Å². The minimum Gasteiger partial charge on any atom is -0.390 e. The van der Waals surface area contributed by atoms with E-state index in [1.807, 2.05) is 19.1 Å². The first-order chi connectivity index (χ1) is 9.06. The number of aliphatic hydroxyl groups is 1. The number of aromatic nitrogens is 1. The standard InChI is InChI=1S/C14H21N3O2/c1-11-4-3-5-15-14(11)10-16-6-7-17(12(2)18)9-13(19)8-16/h3-5,13,19H,6-10H2,1-2H3/t13-/m0/s1. The molecule has 19 heavy (non-hydrogen) atoms. The quantitative estimate of drug-likeness (QED) is 0.840. The van der Waals surface area contributed by atoms with E-state index in [2.05, 4.69) is 9.88 Å². The van der Waals surface area contributed by atoms with Crippen LogP contribution in [-0.2, 0) is 11.3 Å². The van der Waals surface area contributed by atoms with Gasteiger partial charge in [-0.2, -0.15) is 0 Å². The van der Waals surface area contributed by atoms with Crippen LogP contribution in [0.3, 0.4) is 0 Å². The van der Waals surface area contributed by atoms with Crippen LogP contribution in [0.2, 0.25) is 0 Å². The van der Waals surface area contributed by atoms with E-state index in [0.717, 1.165) is 24.3 Å². The number of pyridine rings is 1. The molecule has 5 nitrogen and oxygen atoms in total. The van der Waals surface area contributed by atoms with Gasteiger partial charge in [-0.25, -0.2) is 0 Å². The Labute approximate surface area is 113 Å². The van der Waals surface area contributed by atoms with Crippen LogP contribution >= 0.6 is 0 Å². The van der Waals surface area contributed by atoms with Crippen molar-refractivity contribution in [1.82, 2.24) is 14.8 Å². The lowest BCUT2D eigenvalue weighted by atomic mass is 10.2. The second kappa shape index (κ2) is 6.12. The smallest absolute Gasteiger partial charge is 0.219 e. The molecular formula is C14H21N3O2. The van der Waals surface area contributed by atoms with Crippen LogP contribution in [0.25, 0.3) is 0 Å². The largest absolute Gasteiger partial charge is 0.390 e. The molecule has 5 heteroatoms. The van der Waals surface area contributed by atoms with Gasteiger partial charge in [0.15, 0.2) is 0 Å². The minimum absolute atomic E-state index is 0.0231. The normalized spacial score (nSPS) is 21.2. The van der Waals surface area contributed by atoms with Crippen molar-refractivity contribution in [2.75, 3.05) is 26.2 Å². The zero-order valence-corrected chi connectivity index (χ0v) is 11.5. The summed E-state index contributed by atoms with van der Waals surface area (Å²) in [5.74, 6) is 0.0231. The molecule has 0 unspecified atom stereocenters. The van der Waals surface area contributed by atoms with Crippen LogP contribution in [0, 0.1) is 6.92 Å². The summed E-state index contributed by atoms with van der Waals surface area (Å²) in [5, 5.41) is 9.97. The van der Waals surface area contributed by atoms with E-state index < -0.39 is 6.10 Å². The van der Waals surface area contributed by atoms with E-state index in [4.69, 9.17) is 0 Å². The molecule has 0 aliphatic carbocycles. The lowest BCUT2D eigenvalue weighted by molar-refractivity contribution is -0.129. The fourth-order valence-corrected chi connectivity index (χ4v) is 2.38. The molecule has 0 aromatic carbocycles. The molecule has 1 aliphatic rings. The zero-order chi connectivity index (χ0) is 13.8. The molecule has 1 aromatic heterocycles. The van der Waals surface area contributed by atoms with E-state index in [1.54, 1.807) is 18.0 Å². The molecule has 104 valence electrons. The van der Waals surface area contributed by atoms with Gasteiger partial charge in [0.1, 0.15) is 0 Å². The Kier molecular flexibility index (Phi) is 4.50. The molecule has 1 N–H and O–H groups in total. The maximum absolute atomic E-state index is 11.4. The monoisotopic (exact) mass is 263 g/mol. The Morgan fingerprint density at radius 1 is 1.47 bits per heavy atom. The number of aliphatic hydroxyl groups excluding tert-OH is 1. The lowest BCUT2D eigenvalue weighted by Crippen LogP contribution is -2.36. The summed E-state index contributed by atoms with van der Waals surface area (Å²) in [5.41, 5.74) is 2.19. The first kappa shape index (κ1) is 14.0. The molecular weight excluding hydrogens is 242 g/mol. The molecule has 2 rings (SSSR count). The van der Waals surface area contributed by atoms with Gasteiger partial charge in [-0.05, 0) is 18.6 Å². The van der Waals surface area contributed by atoms with E-state index >= 15 is 0 Å². The molecule has 1 aliphatic heterocycles. The van der Waals surface area contributed by atoms with Crippen LogP contribution in [-0.4, -0.2) is 58.1 Å². The summed E-state index contributed by atoms with van der Waals surface area (Å²) < 4.78 is 0. The number of carbonyl (C=O) groups is 1. The molecule has 0 radical (unpaired) electrons. The van der Waals surface area contributed by atoms with Crippen LogP contribution in [0.15, 0.2) is 18.3 Å². The van der Waals surface area contributed by atoms with Crippen molar-refractivity contribution in [2.45, 2.75) is 26.5 Å². The summed E-state index contributed by atoms with van der Waals surface area (Å²) in [6.07, 6.45) is 1.30. The molecule has 0 saturated carbocycles. The number of hydrogen-bond acceptors (Lipinski definition) is 4. The van der Waals surface area contributed by atoms with E-state index in [1.165, 1.54) is 0 Å². The molecule has 1 saturated heterocycles. The Balaban J connectivity index is 2.02. The number of carbonyl (C=O) groups excluding carboxylic acids is 1. The Hall–Kier alpha value is -1.46. The summed E-state index contributed by atoms with van der Waals surface area (Å²) in [4.78, 5) is 19.6. The predicted octanol–water partition coefficient (Wildman–Crippen LogP) is 0.415. The van der Waals surface area contributed by atoms with Crippen LogP contribution in [0.4, 0.5) is 0 Å². The topological polar surface area (TPSA) is 56.7 Å². The van der Waals surface area contributed by atoms with Gasteiger partial charge in [0, 0.05) is 45.8 Å². The van der Waals surface area contributed by atoms with E-state index in [-0.39, 0.29) is 5.91 Å². The van der Waals surface area contributed by atoms with E-state index in [0.29, 0.717) is 19.6 Å². The van der Waals surface area contributed by atoms with Gasteiger partial charge in [0.05, 0.1) is 11.8 Å². The van der Waals surface area contributed by atoms with Gasteiger partial charge < -0.3 is 10.0 Å². The van der Waals surface area contributed by atoms with Gasteiger partial charge in [-0.15, -0.1) is 0 Å². The Morgan fingerprint density at radius 2 is 2.26 bits per heavy atom. The van der Waals surface area contributed by atoms with Gasteiger partial charge in [0.25, 0.3) is 0 Å². The molecule has 0 bridgehead atoms. The predicted molar refractivity (Wildman–Crippen MR) is 72.5 cm³/mol. The van der Waals surface area contributed by atoms with Crippen molar-refractivity contribution < 1.29 is 9.90 Å². The number of β-amino-alcohol motifs (C(OH)–C–C–N with tert-alkyl or cyclic N) is 1. The third-order valence-electron chi connectivity index (χ3n) is 3.52. The molecule has 1 atom stereocenters. The number of rotatable bonds is 2. The maximum atomic E-state index is 11.4. The second-order valence-corrected chi connectivity index (χ2v) is 5.12. The fourth-order valence-electron chi connectivity index (χ4n) is 2.38. The van der Waals surface area contributed by atoms with Crippen molar-refractivity contribution in [2.24, 2.45) is 0 Å². The average molecular weight is 263 g/mol. The molecule has 1 fully saturated rings. The van der Waals surface area contributed by atoms with Crippen molar-refractivity contribution in [3.05, 3.63) is 29.6 Å². The first-order valence-electron chi connectivity index (χ1n) is 6.62. The number of hydrogen-bond donors (Lipinski definition) is 1. The summed E-state index contributed by atoms with van der Waals surface area (Å²) in [6, 6.07) is 3.96. The van der Waals surface area contributed by atoms with Gasteiger partial charge in [0.2, 0.25) is 5.91 Å². The van der Waals surface area contributed by atoms with E-state index in [9.17, 15) is 9.90 Å². The van der Waals surface area contributed by atoms with Crippen LogP contribution in [0.5, 0.6) is 0 Å². The third kappa shape index (κ3) is 3.75. The first-order valence-corrected chi connectivity index (χ1v) is 6.62. The highest BCUT2D eigenvalue weighted by molar-refractivity contribution is 5.73. The van der Waals surface area contributed by atoms with Crippen molar-refractivity contribution in [1.29, 1.82) is 0 Å². The minimum atomic E-state index is -0.490. The molecule has 0 spiro atoms. The van der Waals surface area contributed by atoms with Gasteiger partial charge >= 0.3 is 0 Å². The zero-order valence-electron chi connectivity index (χ0n) is 11.5. The van der Waals surface area contributed by atoms with Crippen LogP contribution in [0.1, 0.15) is 18.2 Å². The third-order valence-corrected chi connectivity index (χ3v) is 3.52. The van der Waals surface area contributed by atoms with Crippen molar-refractivity contribution >= 4 is 5.91 Å². The molecule has 1 amide bonds. The van der Waals surface area contributed by atoms with Crippen molar-refractivity contribution in [3.8, 4) is 0 Å². The summed E-state index contributed by atoms with van der Waals surface area (Å²) in [6.45, 7) is 6.75. The van der Waals surface area contributed by atoms with Crippen molar-refractivity contribution in [3.63, 3.8) is 0 Å². The lowest BCUT2D eigenvalue weighted by Gasteiger charge is -2.21. The summed E-state index contributed by atoms with van der Waals surface area (Å²) >= 11 is 0. The molecule has 2 heterocycles. The summed E-state index contributed by atoms with van der Waals surface area (Å²) in [7, 11) is 0. The van der Waals surface area contributed by atoms with Gasteiger partial charge in [-0.1, -0.05) is 6.07 Å². The number of aryl methyl sites for hydroxylation is 1. The second-order valence-electron chi connectivity index (χ2n) is 5.12. The Morgan fingerprint density at radius 3 is 2.95 bits per heavy atom. The Bertz CT molecular complexity index is 450. The average Bonchev–Trinajstić information content (AvgIpc) is 2.54. The maximum Gasteiger partial charge on any atom is 0.219 e. The fraction of sp³-hybridized carbons (Fsp3) is 0.571. The molecule has 1 aromatic rings. The highest BCUT2D eigenvalue weighted by atomic mass is 16.3. The van der Waals surface area contributed by atoms with Gasteiger partial charge in [-0.3, -0.25) is 14.7 Å².